The van der Waals surface area contributed by atoms with Crippen molar-refractivity contribution >= 4 is 41.5 Å². The summed E-state index contributed by atoms with van der Waals surface area (Å²) in [6.07, 6.45) is 1.80. The van der Waals surface area contributed by atoms with Gasteiger partial charge in [0.05, 0.1) is 18.3 Å². The topological polar surface area (TPSA) is 49.3 Å². The van der Waals surface area contributed by atoms with Crippen LogP contribution in [0.3, 0.4) is 0 Å². The second-order valence-corrected chi connectivity index (χ2v) is 5.55. The molecule has 0 bridgehead atoms. The minimum absolute atomic E-state index is 0. The Balaban J connectivity index is 0.00000264. The molecule has 23 heavy (non-hydrogen) atoms. The van der Waals surface area contributed by atoms with Crippen LogP contribution >= 0.6 is 35.6 Å². The lowest BCUT2D eigenvalue weighted by Gasteiger charge is -2.18. The molecule has 0 fully saturated rings. The lowest BCUT2D eigenvalue weighted by atomic mass is 10.1. The van der Waals surface area contributed by atoms with Crippen LogP contribution in [0.1, 0.15) is 29.8 Å². The summed E-state index contributed by atoms with van der Waals surface area (Å²) < 4.78 is 0. The van der Waals surface area contributed by atoms with Gasteiger partial charge in [-0.3, -0.25) is 9.98 Å². The third-order valence-corrected chi connectivity index (χ3v) is 3.70. The average molecular weight is 445 g/mol. The van der Waals surface area contributed by atoms with Crippen molar-refractivity contribution < 1.29 is 0 Å². The Morgan fingerprint density at radius 1 is 1.30 bits per heavy atom. The van der Waals surface area contributed by atoms with Gasteiger partial charge in [-0.1, -0.05) is 29.8 Å². The minimum Gasteiger partial charge on any atom is -0.351 e. The highest BCUT2D eigenvalue weighted by atomic mass is 127. The molecule has 2 N–H and O–H groups in total. The number of aryl methyl sites for hydroxylation is 1. The monoisotopic (exact) mass is 444 g/mol. The molecule has 0 radical (unpaired) electrons. The van der Waals surface area contributed by atoms with E-state index in [1.165, 1.54) is 0 Å². The van der Waals surface area contributed by atoms with Gasteiger partial charge in [-0.15, -0.1) is 24.0 Å². The number of rotatable bonds is 4. The standard InChI is InChI=1S/C17H21ClN4.HI/c1-12-6-5-9-20-16(12)11-21-17(19-3)22-13(2)14-7-4-8-15(18)10-14;/h4-10,13H,11H2,1-3H3,(H2,19,21,22);1H. The number of halogens is 2. The third kappa shape index (κ3) is 5.99. The number of guanidine groups is 1. The van der Waals surface area contributed by atoms with Crippen LogP contribution < -0.4 is 10.6 Å². The van der Waals surface area contributed by atoms with Gasteiger partial charge in [0.15, 0.2) is 5.96 Å². The Bertz CT molecular complexity index is 661. The zero-order valence-corrected chi connectivity index (χ0v) is 16.6. The molecule has 1 aromatic heterocycles. The fraction of sp³-hybridized carbons (Fsp3) is 0.294. The van der Waals surface area contributed by atoms with E-state index in [0.29, 0.717) is 6.54 Å². The molecule has 2 aromatic rings. The second kappa shape index (κ2) is 9.72. The van der Waals surface area contributed by atoms with E-state index in [1.807, 2.05) is 30.3 Å². The van der Waals surface area contributed by atoms with Crippen molar-refractivity contribution in [2.45, 2.75) is 26.4 Å². The molecular weight excluding hydrogens is 423 g/mol. The summed E-state index contributed by atoms with van der Waals surface area (Å²) in [5.74, 6) is 0.734. The number of benzene rings is 1. The number of aliphatic imine (C=N–C) groups is 1. The zero-order chi connectivity index (χ0) is 15.9. The maximum Gasteiger partial charge on any atom is 0.191 e. The first-order valence-corrected chi connectivity index (χ1v) is 7.61. The molecule has 1 unspecified atom stereocenters. The van der Waals surface area contributed by atoms with Gasteiger partial charge < -0.3 is 10.6 Å². The summed E-state index contributed by atoms with van der Waals surface area (Å²) in [6, 6.07) is 11.9. The first kappa shape index (κ1) is 19.7. The lowest BCUT2D eigenvalue weighted by molar-refractivity contribution is 0.682. The normalized spacial score (nSPS) is 12.3. The first-order chi connectivity index (χ1) is 10.6. The zero-order valence-electron chi connectivity index (χ0n) is 13.5. The van der Waals surface area contributed by atoms with Crippen molar-refractivity contribution in [3.8, 4) is 0 Å². The molecule has 0 aliphatic rings. The number of hydrogen-bond acceptors (Lipinski definition) is 2. The van der Waals surface area contributed by atoms with Gasteiger partial charge in [-0.2, -0.15) is 0 Å². The predicted octanol–water partition coefficient (Wildman–Crippen LogP) is 4.09. The molecule has 0 amide bonds. The van der Waals surface area contributed by atoms with Crippen molar-refractivity contribution in [2.24, 2.45) is 4.99 Å². The summed E-state index contributed by atoms with van der Waals surface area (Å²) in [4.78, 5) is 8.63. The Hall–Kier alpha value is -1.34. The number of hydrogen-bond donors (Lipinski definition) is 2. The summed E-state index contributed by atoms with van der Waals surface area (Å²) >= 11 is 6.04. The fourth-order valence-electron chi connectivity index (χ4n) is 2.13. The maximum atomic E-state index is 6.04. The average Bonchev–Trinajstić information content (AvgIpc) is 2.52. The molecule has 124 valence electrons. The summed E-state index contributed by atoms with van der Waals surface area (Å²) in [5, 5.41) is 7.37. The maximum absolute atomic E-state index is 6.04. The van der Waals surface area contributed by atoms with Crippen LogP contribution in [-0.2, 0) is 6.54 Å². The van der Waals surface area contributed by atoms with E-state index in [4.69, 9.17) is 11.6 Å². The van der Waals surface area contributed by atoms with E-state index in [9.17, 15) is 0 Å². The minimum atomic E-state index is 0. The van der Waals surface area contributed by atoms with E-state index >= 15 is 0 Å². The highest BCUT2D eigenvalue weighted by Crippen LogP contribution is 2.17. The van der Waals surface area contributed by atoms with Crippen LogP contribution in [0, 0.1) is 6.92 Å². The first-order valence-electron chi connectivity index (χ1n) is 7.23. The molecule has 4 nitrogen and oxygen atoms in total. The van der Waals surface area contributed by atoms with Crippen LogP contribution in [-0.4, -0.2) is 18.0 Å². The third-order valence-electron chi connectivity index (χ3n) is 3.47. The van der Waals surface area contributed by atoms with Gasteiger partial charge in [0, 0.05) is 18.3 Å². The molecule has 1 atom stereocenters. The van der Waals surface area contributed by atoms with E-state index in [0.717, 1.165) is 27.8 Å². The molecule has 6 heteroatoms. The largest absolute Gasteiger partial charge is 0.351 e. The van der Waals surface area contributed by atoms with Crippen molar-refractivity contribution in [2.75, 3.05) is 7.05 Å². The van der Waals surface area contributed by atoms with Crippen molar-refractivity contribution in [1.82, 2.24) is 15.6 Å². The Kier molecular flexibility index (Phi) is 8.33. The van der Waals surface area contributed by atoms with Gasteiger partial charge in [-0.05, 0) is 43.2 Å². The van der Waals surface area contributed by atoms with E-state index in [2.05, 4.69) is 40.5 Å². The Morgan fingerprint density at radius 3 is 2.74 bits per heavy atom. The number of pyridine rings is 1. The number of aromatic nitrogens is 1. The van der Waals surface area contributed by atoms with Gasteiger partial charge in [0.25, 0.3) is 0 Å². The van der Waals surface area contributed by atoms with Crippen LogP contribution in [0.2, 0.25) is 5.02 Å². The van der Waals surface area contributed by atoms with E-state index in [-0.39, 0.29) is 30.0 Å². The van der Waals surface area contributed by atoms with E-state index < -0.39 is 0 Å². The Labute approximate surface area is 159 Å². The predicted molar refractivity (Wildman–Crippen MR) is 108 cm³/mol. The highest BCUT2D eigenvalue weighted by Gasteiger charge is 2.08. The second-order valence-electron chi connectivity index (χ2n) is 5.11. The lowest BCUT2D eigenvalue weighted by Crippen LogP contribution is -2.38. The quantitative estimate of drug-likeness (QED) is 0.424. The highest BCUT2D eigenvalue weighted by molar-refractivity contribution is 14.0. The molecular formula is C17H22ClIN4. The van der Waals surface area contributed by atoms with Gasteiger partial charge in [0.2, 0.25) is 0 Å². The molecule has 1 aromatic carbocycles. The molecule has 1 heterocycles. The Morgan fingerprint density at radius 2 is 2.09 bits per heavy atom. The summed E-state index contributed by atoms with van der Waals surface area (Å²) in [6.45, 7) is 4.76. The number of nitrogens with one attached hydrogen (secondary N) is 2. The fourth-order valence-corrected chi connectivity index (χ4v) is 2.33. The van der Waals surface area contributed by atoms with Crippen molar-refractivity contribution in [3.05, 3.63) is 64.4 Å². The summed E-state index contributed by atoms with van der Waals surface area (Å²) in [7, 11) is 1.76. The van der Waals surface area contributed by atoms with Gasteiger partial charge in [-0.25, -0.2) is 0 Å². The molecule has 0 saturated heterocycles. The smallest absolute Gasteiger partial charge is 0.191 e. The molecule has 0 aliphatic heterocycles. The molecule has 0 spiro atoms. The summed E-state index contributed by atoms with van der Waals surface area (Å²) in [5.41, 5.74) is 3.29. The van der Waals surface area contributed by atoms with Crippen molar-refractivity contribution in [3.63, 3.8) is 0 Å². The van der Waals surface area contributed by atoms with Crippen LogP contribution in [0.15, 0.2) is 47.6 Å². The SMILES string of the molecule is CN=C(NCc1ncccc1C)NC(C)c1cccc(Cl)c1.I. The number of nitrogens with zero attached hydrogens (tertiary/aromatic N) is 2. The molecule has 0 saturated carbocycles. The van der Waals surface area contributed by atoms with Crippen LogP contribution in [0.5, 0.6) is 0 Å². The molecule has 2 rings (SSSR count). The van der Waals surface area contributed by atoms with Gasteiger partial charge in [0.1, 0.15) is 0 Å². The van der Waals surface area contributed by atoms with Crippen LogP contribution in [0.25, 0.3) is 0 Å². The van der Waals surface area contributed by atoms with Gasteiger partial charge >= 0.3 is 0 Å². The van der Waals surface area contributed by atoms with Crippen LogP contribution in [0.4, 0.5) is 0 Å². The molecule has 0 aliphatic carbocycles. The van der Waals surface area contributed by atoms with E-state index in [1.54, 1.807) is 13.2 Å². The van der Waals surface area contributed by atoms with Crippen molar-refractivity contribution in [1.29, 1.82) is 0 Å².